The standard InChI is InChI=1S/C7H10N2O2S/c1-2-12-4-5-8-6(10)3-7(11)9-5/h3H,2,4H2,1H3,(H2,8,9,10,11). The molecular formula is C7H10N2O2S. The van der Waals surface area contributed by atoms with Crippen molar-refractivity contribution in [2.45, 2.75) is 12.7 Å². The highest BCUT2D eigenvalue weighted by Crippen LogP contribution is 2.07. The Kier molecular flexibility index (Phi) is 3.16. The van der Waals surface area contributed by atoms with Gasteiger partial charge in [-0.05, 0) is 5.75 Å². The summed E-state index contributed by atoms with van der Waals surface area (Å²) in [6.45, 7) is 2.02. The van der Waals surface area contributed by atoms with Gasteiger partial charge in [-0.3, -0.25) is 4.79 Å². The molecule has 1 aromatic rings. The van der Waals surface area contributed by atoms with Gasteiger partial charge in [-0.25, -0.2) is 0 Å². The van der Waals surface area contributed by atoms with Gasteiger partial charge in [-0.1, -0.05) is 6.92 Å². The number of hydrogen-bond donors (Lipinski definition) is 2. The zero-order chi connectivity index (χ0) is 8.97. The van der Waals surface area contributed by atoms with Crippen LogP contribution in [0.4, 0.5) is 0 Å². The number of H-pyrrole nitrogens is 1. The van der Waals surface area contributed by atoms with Crippen molar-refractivity contribution in [3.63, 3.8) is 0 Å². The molecule has 1 heterocycles. The fourth-order valence-corrected chi connectivity index (χ4v) is 1.30. The van der Waals surface area contributed by atoms with Crippen LogP contribution in [0.25, 0.3) is 0 Å². The van der Waals surface area contributed by atoms with E-state index in [1.165, 1.54) is 0 Å². The molecule has 0 saturated heterocycles. The van der Waals surface area contributed by atoms with Crippen molar-refractivity contribution >= 4 is 11.8 Å². The number of thioether (sulfide) groups is 1. The molecule has 1 aromatic heterocycles. The monoisotopic (exact) mass is 186 g/mol. The van der Waals surface area contributed by atoms with Crippen LogP contribution in [0, 0.1) is 0 Å². The van der Waals surface area contributed by atoms with Crippen molar-refractivity contribution in [1.29, 1.82) is 0 Å². The van der Waals surface area contributed by atoms with E-state index in [1.54, 1.807) is 11.8 Å². The van der Waals surface area contributed by atoms with Crippen LogP contribution in [0.2, 0.25) is 0 Å². The van der Waals surface area contributed by atoms with Crippen molar-refractivity contribution < 1.29 is 5.11 Å². The van der Waals surface area contributed by atoms with Gasteiger partial charge in [0.05, 0.1) is 11.8 Å². The lowest BCUT2D eigenvalue weighted by atomic mass is 10.6. The molecule has 0 aliphatic heterocycles. The summed E-state index contributed by atoms with van der Waals surface area (Å²) in [6.07, 6.45) is 0. The van der Waals surface area contributed by atoms with Crippen LogP contribution in [0.3, 0.4) is 0 Å². The molecule has 2 N–H and O–H groups in total. The number of nitrogens with zero attached hydrogens (tertiary/aromatic N) is 1. The Morgan fingerprint density at radius 1 is 1.75 bits per heavy atom. The van der Waals surface area contributed by atoms with Gasteiger partial charge in [-0.2, -0.15) is 16.7 Å². The van der Waals surface area contributed by atoms with E-state index in [0.717, 1.165) is 11.8 Å². The van der Waals surface area contributed by atoms with E-state index in [-0.39, 0.29) is 11.4 Å². The quantitative estimate of drug-likeness (QED) is 0.730. The van der Waals surface area contributed by atoms with Gasteiger partial charge in [0.1, 0.15) is 5.82 Å². The Morgan fingerprint density at radius 3 is 3.08 bits per heavy atom. The molecule has 66 valence electrons. The Morgan fingerprint density at radius 2 is 2.50 bits per heavy atom. The largest absolute Gasteiger partial charge is 0.493 e. The molecule has 0 amide bonds. The summed E-state index contributed by atoms with van der Waals surface area (Å²) in [5.41, 5.74) is -0.311. The van der Waals surface area contributed by atoms with Crippen LogP contribution in [0.1, 0.15) is 12.7 Å². The van der Waals surface area contributed by atoms with E-state index < -0.39 is 0 Å². The van der Waals surface area contributed by atoms with Crippen LogP contribution >= 0.6 is 11.8 Å². The molecule has 12 heavy (non-hydrogen) atoms. The molecular weight excluding hydrogens is 176 g/mol. The van der Waals surface area contributed by atoms with Gasteiger partial charge >= 0.3 is 0 Å². The summed E-state index contributed by atoms with van der Waals surface area (Å²) >= 11 is 1.63. The van der Waals surface area contributed by atoms with Crippen molar-refractivity contribution in [3.8, 4) is 5.88 Å². The highest BCUT2D eigenvalue weighted by atomic mass is 32.2. The minimum Gasteiger partial charge on any atom is -0.493 e. The molecule has 5 heteroatoms. The number of aromatic amines is 1. The number of aromatic nitrogens is 2. The van der Waals surface area contributed by atoms with Gasteiger partial charge < -0.3 is 10.1 Å². The number of aromatic hydroxyl groups is 1. The maximum Gasteiger partial charge on any atom is 0.254 e. The topological polar surface area (TPSA) is 66.0 Å². The van der Waals surface area contributed by atoms with Crippen molar-refractivity contribution in [2.24, 2.45) is 0 Å². The molecule has 0 aromatic carbocycles. The summed E-state index contributed by atoms with van der Waals surface area (Å²) in [6, 6.07) is 1.06. The van der Waals surface area contributed by atoms with Crippen molar-refractivity contribution in [3.05, 3.63) is 22.2 Å². The summed E-state index contributed by atoms with van der Waals surface area (Å²) in [5, 5.41) is 8.95. The van der Waals surface area contributed by atoms with E-state index in [9.17, 15) is 4.79 Å². The van der Waals surface area contributed by atoms with Gasteiger partial charge in [0.15, 0.2) is 0 Å². The van der Waals surface area contributed by atoms with Crippen molar-refractivity contribution in [1.82, 2.24) is 9.97 Å². The second-order valence-corrected chi connectivity index (χ2v) is 3.46. The molecule has 0 fully saturated rings. The fraction of sp³-hybridized carbons (Fsp3) is 0.429. The van der Waals surface area contributed by atoms with Gasteiger partial charge in [0, 0.05) is 0 Å². The molecule has 0 saturated carbocycles. The number of nitrogens with one attached hydrogen (secondary N) is 1. The molecule has 0 atom stereocenters. The Labute approximate surface area is 74.0 Å². The van der Waals surface area contributed by atoms with E-state index in [1.807, 2.05) is 6.92 Å². The third kappa shape index (κ3) is 2.58. The Bertz CT molecular complexity index is 311. The summed E-state index contributed by atoms with van der Waals surface area (Å²) in [5.74, 6) is 1.89. The average Bonchev–Trinajstić information content (AvgIpc) is 1.99. The average molecular weight is 186 g/mol. The molecule has 4 nitrogen and oxygen atoms in total. The first-order valence-electron chi connectivity index (χ1n) is 3.59. The van der Waals surface area contributed by atoms with Crippen LogP contribution in [-0.4, -0.2) is 20.8 Å². The van der Waals surface area contributed by atoms with Crippen LogP contribution in [-0.2, 0) is 5.75 Å². The highest BCUT2D eigenvalue weighted by Gasteiger charge is 1.98. The normalized spacial score (nSPS) is 10.1. The third-order valence-electron chi connectivity index (χ3n) is 1.22. The number of rotatable bonds is 3. The second kappa shape index (κ2) is 4.15. The zero-order valence-corrected chi connectivity index (χ0v) is 7.52. The lowest BCUT2D eigenvalue weighted by Crippen LogP contribution is -2.08. The van der Waals surface area contributed by atoms with Gasteiger partial charge in [0.2, 0.25) is 5.88 Å². The van der Waals surface area contributed by atoms with E-state index >= 15 is 0 Å². The molecule has 0 spiro atoms. The summed E-state index contributed by atoms with van der Waals surface area (Å²) < 4.78 is 0. The predicted molar refractivity (Wildman–Crippen MR) is 48.4 cm³/mol. The first-order valence-corrected chi connectivity index (χ1v) is 4.75. The second-order valence-electron chi connectivity index (χ2n) is 2.19. The third-order valence-corrected chi connectivity index (χ3v) is 2.11. The molecule has 0 aliphatic rings. The molecule has 0 unspecified atom stereocenters. The summed E-state index contributed by atoms with van der Waals surface area (Å²) in [4.78, 5) is 17.1. The number of hydrogen-bond acceptors (Lipinski definition) is 4. The predicted octanol–water partition coefficient (Wildman–Crippen LogP) is 0.729. The van der Waals surface area contributed by atoms with Crippen LogP contribution in [0.15, 0.2) is 10.9 Å². The highest BCUT2D eigenvalue weighted by molar-refractivity contribution is 7.98. The summed E-state index contributed by atoms with van der Waals surface area (Å²) in [7, 11) is 0. The SMILES string of the molecule is CCSCc1nc(O)cc(=O)[nH]1. The first kappa shape index (κ1) is 9.12. The van der Waals surface area contributed by atoms with Gasteiger partial charge in [0.25, 0.3) is 5.56 Å². The maximum absolute atomic E-state index is 10.8. The van der Waals surface area contributed by atoms with Gasteiger partial charge in [-0.15, -0.1) is 0 Å². The Hall–Kier alpha value is -0.970. The molecule has 0 radical (unpaired) electrons. The lowest BCUT2D eigenvalue weighted by Gasteiger charge is -1.98. The molecule has 0 aliphatic carbocycles. The minimum atomic E-state index is -0.311. The Balaban J connectivity index is 2.79. The lowest BCUT2D eigenvalue weighted by molar-refractivity contribution is 0.449. The van der Waals surface area contributed by atoms with E-state index in [0.29, 0.717) is 11.6 Å². The van der Waals surface area contributed by atoms with Crippen molar-refractivity contribution in [2.75, 3.05) is 5.75 Å². The smallest absolute Gasteiger partial charge is 0.254 e. The fourth-order valence-electron chi connectivity index (χ4n) is 0.761. The van der Waals surface area contributed by atoms with Crippen LogP contribution < -0.4 is 5.56 Å². The maximum atomic E-state index is 10.8. The van der Waals surface area contributed by atoms with E-state index in [4.69, 9.17) is 5.11 Å². The molecule has 0 bridgehead atoms. The zero-order valence-electron chi connectivity index (χ0n) is 6.70. The van der Waals surface area contributed by atoms with E-state index in [2.05, 4.69) is 9.97 Å². The molecule has 1 rings (SSSR count). The van der Waals surface area contributed by atoms with Crippen LogP contribution in [0.5, 0.6) is 5.88 Å². The minimum absolute atomic E-state index is 0.217. The first-order chi connectivity index (χ1) is 5.72.